The van der Waals surface area contributed by atoms with E-state index in [4.69, 9.17) is 0 Å². The molecule has 2 N–H and O–H groups in total. The molecule has 0 saturated carbocycles. The van der Waals surface area contributed by atoms with E-state index < -0.39 is 0 Å². The minimum atomic E-state index is 0.0919. The average molecular weight is 321 g/mol. The molecule has 5 heteroatoms. The third-order valence-electron chi connectivity index (χ3n) is 4.78. The lowest BCUT2D eigenvalue weighted by molar-refractivity contribution is -0.917. The van der Waals surface area contributed by atoms with Gasteiger partial charge >= 0.3 is 0 Å². The molecule has 0 unspecified atom stereocenters. The Kier molecular flexibility index (Phi) is 4.01. The maximum Gasteiger partial charge on any atom is 0.255 e. The number of rotatable bonds is 3. The highest BCUT2D eigenvalue weighted by molar-refractivity contribution is 5.93. The van der Waals surface area contributed by atoms with Crippen molar-refractivity contribution in [1.29, 1.82) is 0 Å². The Bertz CT molecular complexity index is 835. The van der Waals surface area contributed by atoms with Gasteiger partial charge in [0.15, 0.2) is 0 Å². The first-order valence-electron chi connectivity index (χ1n) is 8.39. The van der Waals surface area contributed by atoms with Gasteiger partial charge in [0.2, 0.25) is 0 Å². The van der Waals surface area contributed by atoms with Crippen LogP contribution in [0.2, 0.25) is 0 Å². The van der Waals surface area contributed by atoms with Gasteiger partial charge < -0.3 is 14.8 Å². The molecule has 2 aromatic heterocycles. The van der Waals surface area contributed by atoms with Crippen LogP contribution in [0, 0.1) is 0 Å². The highest BCUT2D eigenvalue weighted by Crippen LogP contribution is 2.16. The highest BCUT2D eigenvalue weighted by atomic mass is 16.2. The number of quaternary nitrogens is 1. The van der Waals surface area contributed by atoms with Gasteiger partial charge in [-0.05, 0) is 18.2 Å². The van der Waals surface area contributed by atoms with Crippen LogP contribution < -0.4 is 4.90 Å². The summed E-state index contributed by atoms with van der Waals surface area (Å²) in [6, 6.07) is 12.1. The van der Waals surface area contributed by atoms with Crippen molar-refractivity contribution in [2.45, 2.75) is 6.54 Å². The molecule has 0 bridgehead atoms. The third-order valence-corrected chi connectivity index (χ3v) is 4.78. The monoisotopic (exact) mass is 321 g/mol. The first-order chi connectivity index (χ1) is 11.8. The first kappa shape index (κ1) is 14.9. The van der Waals surface area contributed by atoms with Crippen molar-refractivity contribution in [2.75, 3.05) is 26.2 Å². The number of carbonyl (C=O) groups is 1. The van der Waals surface area contributed by atoms with Crippen molar-refractivity contribution in [1.82, 2.24) is 14.9 Å². The summed E-state index contributed by atoms with van der Waals surface area (Å²) in [5, 5.41) is 1.30. The number of pyridine rings is 1. The van der Waals surface area contributed by atoms with Gasteiger partial charge in [-0.3, -0.25) is 9.78 Å². The molecule has 1 aromatic carbocycles. The fourth-order valence-electron chi connectivity index (χ4n) is 3.42. The largest absolute Gasteiger partial charge is 0.361 e. The first-order valence-corrected chi connectivity index (χ1v) is 8.39. The van der Waals surface area contributed by atoms with Gasteiger partial charge in [-0.25, -0.2) is 0 Å². The van der Waals surface area contributed by atoms with Crippen LogP contribution in [0.25, 0.3) is 10.9 Å². The van der Waals surface area contributed by atoms with Crippen LogP contribution in [0.5, 0.6) is 0 Å². The standard InChI is InChI=1S/C19H20N4O/c24-19(15-4-3-7-20-12-15)23-10-8-22(9-11-23)14-16-13-21-18-6-2-1-5-17(16)18/h1-7,12-13,21H,8-11,14H2/p+1. The van der Waals surface area contributed by atoms with E-state index >= 15 is 0 Å². The van der Waals surface area contributed by atoms with Crippen LogP contribution in [0.3, 0.4) is 0 Å². The van der Waals surface area contributed by atoms with E-state index in [1.165, 1.54) is 21.4 Å². The minimum Gasteiger partial charge on any atom is -0.361 e. The second kappa shape index (κ2) is 6.45. The molecule has 122 valence electrons. The second-order valence-corrected chi connectivity index (χ2v) is 6.32. The van der Waals surface area contributed by atoms with Crippen molar-refractivity contribution >= 4 is 16.8 Å². The summed E-state index contributed by atoms with van der Waals surface area (Å²) in [6.07, 6.45) is 5.46. The Morgan fingerprint density at radius 1 is 1.17 bits per heavy atom. The number of nitrogens with one attached hydrogen (secondary N) is 2. The fraction of sp³-hybridized carbons (Fsp3) is 0.263. The zero-order valence-corrected chi connectivity index (χ0v) is 13.5. The molecule has 0 spiro atoms. The molecule has 1 fully saturated rings. The fourth-order valence-corrected chi connectivity index (χ4v) is 3.42. The number of aromatic nitrogens is 2. The number of para-hydroxylation sites is 1. The molecule has 0 atom stereocenters. The van der Waals surface area contributed by atoms with E-state index in [0.717, 1.165) is 32.7 Å². The van der Waals surface area contributed by atoms with Crippen LogP contribution in [0.4, 0.5) is 0 Å². The van der Waals surface area contributed by atoms with Crippen molar-refractivity contribution < 1.29 is 9.69 Å². The highest BCUT2D eigenvalue weighted by Gasteiger charge is 2.25. The van der Waals surface area contributed by atoms with Gasteiger partial charge in [0.05, 0.1) is 31.7 Å². The van der Waals surface area contributed by atoms with Crippen LogP contribution in [0.1, 0.15) is 15.9 Å². The van der Waals surface area contributed by atoms with Gasteiger partial charge in [-0.2, -0.15) is 0 Å². The minimum absolute atomic E-state index is 0.0919. The molecule has 3 aromatic rings. The van der Waals surface area contributed by atoms with Gasteiger partial charge in [0, 0.05) is 35.1 Å². The molecule has 1 saturated heterocycles. The number of benzene rings is 1. The molecular formula is C19H21N4O+. The van der Waals surface area contributed by atoms with Crippen molar-refractivity contribution in [3.8, 4) is 0 Å². The Hall–Kier alpha value is -2.66. The molecule has 4 rings (SSSR count). The van der Waals surface area contributed by atoms with E-state index in [1.807, 2.05) is 17.0 Å². The predicted octanol–water partition coefficient (Wildman–Crippen LogP) is 1.10. The van der Waals surface area contributed by atoms with Crippen LogP contribution >= 0.6 is 0 Å². The Labute approximate surface area is 140 Å². The smallest absolute Gasteiger partial charge is 0.255 e. The number of aromatic amines is 1. The van der Waals surface area contributed by atoms with Crippen LogP contribution in [0.15, 0.2) is 55.0 Å². The number of amides is 1. The van der Waals surface area contributed by atoms with Crippen molar-refractivity contribution in [3.63, 3.8) is 0 Å². The Balaban J connectivity index is 1.39. The zero-order valence-electron chi connectivity index (χ0n) is 13.5. The molecule has 0 radical (unpaired) electrons. The van der Waals surface area contributed by atoms with E-state index in [2.05, 4.69) is 40.4 Å². The maximum absolute atomic E-state index is 12.5. The normalized spacial score (nSPS) is 15.8. The number of nitrogens with zero attached hydrogens (tertiary/aromatic N) is 2. The summed E-state index contributed by atoms with van der Waals surface area (Å²) in [5.41, 5.74) is 3.22. The summed E-state index contributed by atoms with van der Waals surface area (Å²) in [4.78, 5) is 23.3. The van der Waals surface area contributed by atoms with Crippen LogP contribution in [-0.4, -0.2) is 47.0 Å². The lowest BCUT2D eigenvalue weighted by atomic mass is 10.1. The second-order valence-electron chi connectivity index (χ2n) is 6.32. The average Bonchev–Trinajstić information content (AvgIpc) is 3.06. The summed E-state index contributed by atoms with van der Waals surface area (Å²) >= 11 is 0. The molecule has 24 heavy (non-hydrogen) atoms. The van der Waals surface area contributed by atoms with Crippen molar-refractivity contribution in [2.24, 2.45) is 0 Å². The Morgan fingerprint density at radius 2 is 2.00 bits per heavy atom. The van der Waals surface area contributed by atoms with Gasteiger partial charge in [-0.1, -0.05) is 18.2 Å². The molecular weight excluding hydrogens is 300 g/mol. The third kappa shape index (κ3) is 2.90. The van der Waals surface area contributed by atoms with Gasteiger partial charge in [0.25, 0.3) is 5.91 Å². The summed E-state index contributed by atoms with van der Waals surface area (Å²) in [7, 11) is 0. The van der Waals surface area contributed by atoms with Gasteiger partial charge in [-0.15, -0.1) is 0 Å². The number of hydrogen-bond acceptors (Lipinski definition) is 2. The molecule has 1 aliphatic rings. The molecule has 0 aliphatic carbocycles. The molecule has 1 amide bonds. The van der Waals surface area contributed by atoms with E-state index in [9.17, 15) is 4.79 Å². The maximum atomic E-state index is 12.5. The lowest BCUT2D eigenvalue weighted by Crippen LogP contribution is -3.13. The SMILES string of the molecule is O=C(c1cccnc1)N1CC[NH+](Cc2c[nH]c3ccccc23)CC1. The summed E-state index contributed by atoms with van der Waals surface area (Å²) in [6.45, 7) is 4.55. The Morgan fingerprint density at radius 3 is 2.79 bits per heavy atom. The molecule has 5 nitrogen and oxygen atoms in total. The summed E-state index contributed by atoms with van der Waals surface area (Å²) in [5.74, 6) is 0.0919. The number of piperazine rings is 1. The number of fused-ring (bicyclic) bond motifs is 1. The quantitative estimate of drug-likeness (QED) is 0.759. The van der Waals surface area contributed by atoms with E-state index in [1.54, 1.807) is 12.4 Å². The molecule has 1 aliphatic heterocycles. The topological polar surface area (TPSA) is 53.4 Å². The summed E-state index contributed by atoms with van der Waals surface area (Å²) < 4.78 is 0. The number of H-pyrrole nitrogens is 1. The van der Waals surface area contributed by atoms with Crippen LogP contribution in [-0.2, 0) is 6.54 Å². The number of hydrogen-bond donors (Lipinski definition) is 2. The van der Waals surface area contributed by atoms with E-state index in [0.29, 0.717) is 5.56 Å². The number of carbonyl (C=O) groups excluding carboxylic acids is 1. The molecule has 3 heterocycles. The van der Waals surface area contributed by atoms with Crippen molar-refractivity contribution in [3.05, 3.63) is 66.1 Å². The van der Waals surface area contributed by atoms with Gasteiger partial charge in [0.1, 0.15) is 6.54 Å². The predicted molar refractivity (Wildman–Crippen MR) is 92.8 cm³/mol. The zero-order chi connectivity index (χ0) is 16.4. The lowest BCUT2D eigenvalue weighted by Gasteiger charge is -2.32. The van der Waals surface area contributed by atoms with E-state index in [-0.39, 0.29) is 5.91 Å².